The molecule has 0 aliphatic heterocycles. The Bertz CT molecular complexity index is 514. The van der Waals surface area contributed by atoms with Crippen molar-refractivity contribution in [3.8, 4) is 0 Å². The number of nitrogens with one attached hydrogen (secondary N) is 2. The number of hydrogen-bond acceptors (Lipinski definition) is 4. The van der Waals surface area contributed by atoms with Gasteiger partial charge in [-0.1, -0.05) is 11.6 Å². The van der Waals surface area contributed by atoms with Crippen molar-refractivity contribution in [2.75, 3.05) is 32.5 Å². The van der Waals surface area contributed by atoms with Gasteiger partial charge in [-0.15, -0.1) is 0 Å². The van der Waals surface area contributed by atoms with Crippen LogP contribution in [0.1, 0.15) is 36.5 Å². The van der Waals surface area contributed by atoms with Crippen LogP contribution >= 0.6 is 11.6 Å². The van der Waals surface area contributed by atoms with Gasteiger partial charge in [-0.25, -0.2) is 4.98 Å². The lowest BCUT2D eigenvalue weighted by Crippen LogP contribution is -2.57. The zero-order valence-corrected chi connectivity index (χ0v) is 13.6. The smallest absolute Gasteiger partial charge is 0.252 e. The Morgan fingerprint density at radius 1 is 1.48 bits per heavy atom. The van der Waals surface area contributed by atoms with Crippen LogP contribution in [0.4, 0.5) is 5.82 Å². The average molecular weight is 311 g/mol. The Labute approximate surface area is 131 Å². The van der Waals surface area contributed by atoms with Crippen molar-refractivity contribution in [2.45, 2.75) is 31.7 Å². The summed E-state index contributed by atoms with van der Waals surface area (Å²) in [5.41, 5.74) is 0.603. The van der Waals surface area contributed by atoms with Crippen molar-refractivity contribution in [1.29, 1.82) is 0 Å². The van der Waals surface area contributed by atoms with E-state index in [4.69, 9.17) is 11.6 Å². The first-order valence-electron chi connectivity index (χ1n) is 7.33. The molecule has 1 amide bonds. The maximum atomic E-state index is 12.2. The molecule has 116 valence electrons. The third kappa shape index (κ3) is 3.47. The maximum absolute atomic E-state index is 12.2. The van der Waals surface area contributed by atoms with Gasteiger partial charge in [-0.05, 0) is 46.3 Å². The Morgan fingerprint density at radius 2 is 2.19 bits per heavy atom. The van der Waals surface area contributed by atoms with Gasteiger partial charge in [0.2, 0.25) is 0 Å². The summed E-state index contributed by atoms with van der Waals surface area (Å²) < 4.78 is 0. The fourth-order valence-electron chi connectivity index (χ4n) is 2.57. The highest BCUT2D eigenvalue weighted by molar-refractivity contribution is 6.33. The third-order valence-electron chi connectivity index (χ3n) is 4.26. The van der Waals surface area contributed by atoms with Crippen LogP contribution in [0.3, 0.4) is 0 Å². The Morgan fingerprint density at radius 3 is 2.67 bits per heavy atom. The number of carbonyl (C=O) groups is 1. The first kappa shape index (κ1) is 16.0. The molecule has 0 radical (unpaired) electrons. The number of halogens is 1. The number of nitrogens with zero attached hydrogens (tertiary/aromatic N) is 2. The second kappa shape index (κ2) is 6.62. The minimum Gasteiger partial charge on any atom is -0.369 e. The zero-order chi connectivity index (χ0) is 15.5. The van der Waals surface area contributed by atoms with E-state index in [9.17, 15) is 4.79 Å². The molecule has 1 aromatic heterocycles. The van der Waals surface area contributed by atoms with Crippen LogP contribution in [0.5, 0.6) is 0 Å². The van der Waals surface area contributed by atoms with Crippen molar-refractivity contribution in [2.24, 2.45) is 0 Å². The molecule has 1 saturated carbocycles. The molecule has 1 fully saturated rings. The first-order chi connectivity index (χ1) is 9.98. The molecular formula is C15H23ClN4O. The second-order valence-electron chi connectivity index (χ2n) is 5.74. The van der Waals surface area contributed by atoms with E-state index < -0.39 is 0 Å². The van der Waals surface area contributed by atoms with Crippen molar-refractivity contribution in [3.05, 3.63) is 22.8 Å². The SMILES string of the molecule is CCNc1ncc(C(=O)NCC2(N(C)C)CCC2)cc1Cl. The molecule has 2 rings (SSSR count). The van der Waals surface area contributed by atoms with E-state index in [1.54, 1.807) is 12.3 Å². The van der Waals surface area contributed by atoms with E-state index in [0.29, 0.717) is 22.9 Å². The Kier molecular flexibility index (Phi) is 5.06. The monoisotopic (exact) mass is 310 g/mol. The van der Waals surface area contributed by atoms with Crippen LogP contribution < -0.4 is 10.6 Å². The second-order valence-corrected chi connectivity index (χ2v) is 6.15. The highest BCUT2D eigenvalue weighted by atomic mass is 35.5. The predicted molar refractivity (Wildman–Crippen MR) is 86.0 cm³/mol. The van der Waals surface area contributed by atoms with E-state index in [1.807, 2.05) is 6.92 Å². The van der Waals surface area contributed by atoms with Crippen LogP contribution in [0.2, 0.25) is 5.02 Å². The highest BCUT2D eigenvalue weighted by Gasteiger charge is 2.39. The number of rotatable bonds is 6. The van der Waals surface area contributed by atoms with Crippen molar-refractivity contribution in [1.82, 2.24) is 15.2 Å². The third-order valence-corrected chi connectivity index (χ3v) is 4.55. The number of amides is 1. The topological polar surface area (TPSA) is 57.3 Å². The molecule has 0 atom stereocenters. The number of anilines is 1. The minimum atomic E-state index is -0.124. The standard InChI is InChI=1S/C15H23ClN4O/c1-4-17-13-12(16)8-11(9-18-13)14(21)19-10-15(20(2)3)6-5-7-15/h8-9H,4-7,10H2,1-3H3,(H,17,18)(H,19,21). The van der Waals surface area contributed by atoms with Gasteiger partial charge in [0, 0.05) is 24.8 Å². The molecule has 21 heavy (non-hydrogen) atoms. The fourth-order valence-corrected chi connectivity index (χ4v) is 2.81. The summed E-state index contributed by atoms with van der Waals surface area (Å²) in [5, 5.41) is 6.52. The molecule has 6 heteroatoms. The van der Waals surface area contributed by atoms with E-state index in [-0.39, 0.29) is 11.4 Å². The average Bonchev–Trinajstić information content (AvgIpc) is 2.39. The lowest BCUT2D eigenvalue weighted by Gasteiger charge is -2.47. The molecule has 5 nitrogen and oxygen atoms in total. The highest BCUT2D eigenvalue weighted by Crippen LogP contribution is 2.35. The lowest BCUT2D eigenvalue weighted by molar-refractivity contribution is 0.0557. The fraction of sp³-hybridized carbons (Fsp3) is 0.600. The summed E-state index contributed by atoms with van der Waals surface area (Å²) in [4.78, 5) is 18.6. The number of hydrogen-bond donors (Lipinski definition) is 2. The van der Waals surface area contributed by atoms with Crippen LogP contribution in [-0.4, -0.2) is 48.5 Å². The zero-order valence-electron chi connectivity index (χ0n) is 12.9. The normalized spacial score (nSPS) is 16.4. The van der Waals surface area contributed by atoms with Gasteiger partial charge in [-0.3, -0.25) is 4.79 Å². The van der Waals surface area contributed by atoms with Crippen LogP contribution in [0, 0.1) is 0 Å². The predicted octanol–water partition coefficient (Wildman–Crippen LogP) is 2.38. The first-order valence-corrected chi connectivity index (χ1v) is 7.71. The number of pyridine rings is 1. The molecule has 0 saturated heterocycles. The summed E-state index contributed by atoms with van der Waals surface area (Å²) in [6, 6.07) is 1.66. The molecule has 1 heterocycles. The van der Waals surface area contributed by atoms with E-state index in [0.717, 1.165) is 19.4 Å². The van der Waals surface area contributed by atoms with E-state index in [1.165, 1.54) is 6.42 Å². The Hall–Kier alpha value is -1.33. The van der Waals surface area contributed by atoms with Crippen LogP contribution in [0.25, 0.3) is 0 Å². The van der Waals surface area contributed by atoms with Crippen molar-refractivity contribution < 1.29 is 4.79 Å². The molecule has 1 aliphatic rings. The summed E-state index contributed by atoms with van der Waals surface area (Å²) in [6.07, 6.45) is 5.03. The number of carbonyl (C=O) groups excluding carboxylic acids is 1. The minimum absolute atomic E-state index is 0.108. The van der Waals surface area contributed by atoms with Gasteiger partial charge in [0.25, 0.3) is 5.91 Å². The largest absolute Gasteiger partial charge is 0.369 e. The molecule has 2 N–H and O–H groups in total. The van der Waals surface area contributed by atoms with Gasteiger partial charge in [0.05, 0.1) is 10.6 Å². The van der Waals surface area contributed by atoms with Gasteiger partial charge in [0.15, 0.2) is 0 Å². The lowest BCUT2D eigenvalue weighted by atomic mass is 9.75. The van der Waals surface area contributed by atoms with E-state index in [2.05, 4.69) is 34.6 Å². The summed E-state index contributed by atoms with van der Waals surface area (Å²) in [5.74, 6) is 0.486. The molecule has 1 aromatic rings. The van der Waals surface area contributed by atoms with Crippen molar-refractivity contribution >= 4 is 23.3 Å². The molecule has 0 unspecified atom stereocenters. The van der Waals surface area contributed by atoms with Gasteiger partial charge >= 0.3 is 0 Å². The molecular weight excluding hydrogens is 288 g/mol. The molecule has 1 aliphatic carbocycles. The van der Waals surface area contributed by atoms with Crippen molar-refractivity contribution in [3.63, 3.8) is 0 Å². The number of aromatic nitrogens is 1. The Balaban J connectivity index is 1.99. The number of likely N-dealkylation sites (N-methyl/N-ethyl adjacent to an activating group) is 1. The van der Waals surface area contributed by atoms with Crippen LogP contribution in [0.15, 0.2) is 12.3 Å². The molecule has 0 bridgehead atoms. The maximum Gasteiger partial charge on any atom is 0.252 e. The summed E-state index contributed by atoms with van der Waals surface area (Å²) in [7, 11) is 4.13. The van der Waals surface area contributed by atoms with Crippen LogP contribution in [-0.2, 0) is 0 Å². The van der Waals surface area contributed by atoms with Gasteiger partial charge in [-0.2, -0.15) is 0 Å². The molecule has 0 aromatic carbocycles. The van der Waals surface area contributed by atoms with Gasteiger partial charge < -0.3 is 15.5 Å². The summed E-state index contributed by atoms with van der Waals surface area (Å²) >= 11 is 6.12. The quantitative estimate of drug-likeness (QED) is 0.847. The molecule has 0 spiro atoms. The van der Waals surface area contributed by atoms with E-state index >= 15 is 0 Å². The van der Waals surface area contributed by atoms with Gasteiger partial charge in [0.1, 0.15) is 5.82 Å². The summed E-state index contributed by atoms with van der Waals surface area (Å²) in [6.45, 7) is 3.37.